The van der Waals surface area contributed by atoms with Gasteiger partial charge in [0, 0.05) is 56.9 Å². The van der Waals surface area contributed by atoms with E-state index in [-0.39, 0.29) is 29.9 Å². The number of rotatable bonds is 8. The van der Waals surface area contributed by atoms with Gasteiger partial charge in [-0.25, -0.2) is 0 Å². The topological polar surface area (TPSA) is 78.0 Å². The number of nitrogens with zero attached hydrogens (tertiary/aromatic N) is 2. The highest BCUT2D eigenvalue weighted by molar-refractivity contribution is 14.0. The van der Waals surface area contributed by atoms with Gasteiger partial charge in [-0.2, -0.15) is 0 Å². The average Bonchev–Trinajstić information content (AvgIpc) is 2.66. The highest BCUT2D eigenvalue weighted by Gasteiger charge is 2.09. The van der Waals surface area contributed by atoms with Gasteiger partial charge in [0.25, 0.3) is 0 Å². The summed E-state index contributed by atoms with van der Waals surface area (Å²) in [5.74, 6) is 0.751. The lowest BCUT2D eigenvalue weighted by Crippen LogP contribution is -2.44. The van der Waals surface area contributed by atoms with Crippen LogP contribution >= 0.6 is 35.6 Å². The summed E-state index contributed by atoms with van der Waals surface area (Å²) in [6, 6.07) is 7.09. The highest BCUT2D eigenvalue weighted by atomic mass is 127. The first-order valence-corrected chi connectivity index (χ1v) is 9.35. The van der Waals surface area contributed by atoms with Crippen molar-refractivity contribution >= 4 is 53.1 Å². The Kier molecular flexibility index (Phi) is 12.4. The van der Waals surface area contributed by atoms with Crippen molar-refractivity contribution in [1.82, 2.24) is 15.5 Å². The lowest BCUT2D eigenvalue weighted by molar-refractivity contribution is -0.116. The maximum atomic E-state index is 11.9. The molecule has 0 aromatic heterocycles. The molecule has 1 aliphatic rings. The van der Waals surface area contributed by atoms with E-state index in [2.05, 4.69) is 25.8 Å². The number of aliphatic imine (C=N–C) groups is 1. The molecule has 1 heterocycles. The van der Waals surface area contributed by atoms with Crippen LogP contribution in [0.1, 0.15) is 12.8 Å². The minimum Gasteiger partial charge on any atom is -0.379 e. The molecule has 1 aromatic rings. The monoisotopic (exact) mass is 509 g/mol. The van der Waals surface area contributed by atoms with E-state index in [1.807, 2.05) is 0 Å². The van der Waals surface area contributed by atoms with E-state index < -0.39 is 0 Å². The Morgan fingerprint density at radius 1 is 1.19 bits per heavy atom. The molecule has 3 N–H and O–H groups in total. The predicted octanol–water partition coefficient (Wildman–Crippen LogP) is 2.17. The van der Waals surface area contributed by atoms with Crippen LogP contribution in [-0.4, -0.2) is 69.8 Å². The molecule has 1 amide bonds. The van der Waals surface area contributed by atoms with E-state index in [0.29, 0.717) is 18.0 Å². The summed E-state index contributed by atoms with van der Waals surface area (Å²) >= 11 is 5.83. The van der Waals surface area contributed by atoms with Gasteiger partial charge in [0.05, 0.1) is 13.2 Å². The number of benzene rings is 1. The molecule has 1 saturated heterocycles. The predicted molar refractivity (Wildman–Crippen MR) is 121 cm³/mol. The van der Waals surface area contributed by atoms with E-state index in [1.54, 1.807) is 31.3 Å². The van der Waals surface area contributed by atoms with Gasteiger partial charge in [-0.3, -0.25) is 14.7 Å². The maximum absolute atomic E-state index is 11.9. The number of amides is 1. The van der Waals surface area contributed by atoms with Crippen LogP contribution in [0.25, 0.3) is 0 Å². The molecule has 2 rings (SSSR count). The van der Waals surface area contributed by atoms with Crippen molar-refractivity contribution in [3.63, 3.8) is 0 Å². The third kappa shape index (κ3) is 10.1. The van der Waals surface area contributed by atoms with Crippen molar-refractivity contribution in [2.45, 2.75) is 12.8 Å². The number of carbonyl (C=O) groups is 1. The number of guanidine groups is 1. The summed E-state index contributed by atoms with van der Waals surface area (Å²) in [5.41, 5.74) is 0.757. The summed E-state index contributed by atoms with van der Waals surface area (Å²) in [5, 5.41) is 10.0. The van der Waals surface area contributed by atoms with Gasteiger partial charge in [0.2, 0.25) is 5.91 Å². The fourth-order valence-electron chi connectivity index (χ4n) is 2.59. The zero-order valence-electron chi connectivity index (χ0n) is 15.7. The lowest BCUT2D eigenvalue weighted by Gasteiger charge is -2.26. The molecule has 1 aliphatic heterocycles. The molecule has 0 radical (unpaired) electrons. The van der Waals surface area contributed by atoms with Crippen molar-refractivity contribution in [1.29, 1.82) is 0 Å². The SMILES string of the molecule is CN=C(NCCCC(=O)Nc1ccc(Cl)cc1)NCCN1CCOCC1.I. The number of halogens is 2. The van der Waals surface area contributed by atoms with Crippen LogP contribution in [0.4, 0.5) is 5.69 Å². The largest absolute Gasteiger partial charge is 0.379 e. The van der Waals surface area contributed by atoms with Crippen LogP contribution in [0, 0.1) is 0 Å². The molecule has 0 saturated carbocycles. The van der Waals surface area contributed by atoms with Crippen molar-refractivity contribution in [3.8, 4) is 0 Å². The molecule has 0 atom stereocenters. The first-order valence-electron chi connectivity index (χ1n) is 8.97. The van der Waals surface area contributed by atoms with Gasteiger partial charge >= 0.3 is 0 Å². The summed E-state index contributed by atoms with van der Waals surface area (Å²) in [6.07, 6.45) is 1.17. The number of morpholine rings is 1. The number of hydrogen-bond donors (Lipinski definition) is 3. The molecule has 7 nitrogen and oxygen atoms in total. The quantitative estimate of drug-likeness (QED) is 0.217. The van der Waals surface area contributed by atoms with E-state index >= 15 is 0 Å². The zero-order valence-corrected chi connectivity index (χ0v) is 18.8. The fraction of sp³-hybridized carbons (Fsp3) is 0.556. The van der Waals surface area contributed by atoms with Crippen molar-refractivity contribution in [2.24, 2.45) is 4.99 Å². The molecule has 0 bridgehead atoms. The zero-order chi connectivity index (χ0) is 18.6. The number of ether oxygens (including phenoxy) is 1. The van der Waals surface area contributed by atoms with Gasteiger partial charge in [0.1, 0.15) is 0 Å². The Labute approximate surface area is 183 Å². The molecular weight excluding hydrogens is 481 g/mol. The molecule has 0 aliphatic carbocycles. The average molecular weight is 510 g/mol. The Hall–Kier alpha value is -1.10. The molecule has 1 aromatic carbocycles. The molecule has 1 fully saturated rings. The van der Waals surface area contributed by atoms with Crippen LogP contribution < -0.4 is 16.0 Å². The van der Waals surface area contributed by atoms with Gasteiger partial charge in [-0.15, -0.1) is 24.0 Å². The van der Waals surface area contributed by atoms with Gasteiger partial charge in [-0.1, -0.05) is 11.6 Å². The minimum atomic E-state index is -0.00983. The number of carbonyl (C=O) groups excluding carboxylic acids is 1. The number of anilines is 1. The standard InChI is InChI=1S/C18H28ClN5O2.HI/c1-20-18(22-9-10-24-11-13-26-14-12-24)21-8-2-3-17(25)23-16-6-4-15(19)5-7-16;/h4-7H,2-3,8-14H2,1H3,(H,23,25)(H2,20,21,22);1H. The molecule has 27 heavy (non-hydrogen) atoms. The first-order chi connectivity index (χ1) is 12.7. The van der Waals surface area contributed by atoms with Crippen LogP contribution in [-0.2, 0) is 9.53 Å². The van der Waals surface area contributed by atoms with E-state index in [1.165, 1.54) is 0 Å². The van der Waals surface area contributed by atoms with Crippen LogP contribution in [0.15, 0.2) is 29.3 Å². The summed E-state index contributed by atoms with van der Waals surface area (Å²) in [7, 11) is 1.75. The highest BCUT2D eigenvalue weighted by Crippen LogP contribution is 2.13. The second-order valence-electron chi connectivity index (χ2n) is 6.04. The summed E-state index contributed by atoms with van der Waals surface area (Å²) in [6.45, 7) is 6.07. The Morgan fingerprint density at radius 2 is 1.85 bits per heavy atom. The normalized spacial score (nSPS) is 15.0. The first kappa shape index (κ1) is 23.9. The van der Waals surface area contributed by atoms with Crippen molar-refractivity contribution in [2.75, 3.05) is 58.3 Å². The smallest absolute Gasteiger partial charge is 0.224 e. The lowest BCUT2D eigenvalue weighted by atomic mass is 10.2. The van der Waals surface area contributed by atoms with E-state index in [4.69, 9.17) is 16.3 Å². The van der Waals surface area contributed by atoms with Crippen LogP contribution in [0.2, 0.25) is 5.02 Å². The molecule has 152 valence electrons. The Morgan fingerprint density at radius 3 is 2.52 bits per heavy atom. The fourth-order valence-corrected chi connectivity index (χ4v) is 2.72. The van der Waals surface area contributed by atoms with Gasteiger partial charge in [-0.05, 0) is 30.7 Å². The Balaban J connectivity index is 0.00000364. The molecular formula is C18H29ClIN5O2. The van der Waals surface area contributed by atoms with Crippen molar-refractivity contribution < 1.29 is 9.53 Å². The third-order valence-electron chi connectivity index (χ3n) is 4.05. The second-order valence-corrected chi connectivity index (χ2v) is 6.47. The van der Waals surface area contributed by atoms with Crippen molar-refractivity contribution in [3.05, 3.63) is 29.3 Å². The van der Waals surface area contributed by atoms with E-state index in [9.17, 15) is 4.79 Å². The Bertz CT molecular complexity index is 580. The molecule has 0 spiro atoms. The van der Waals surface area contributed by atoms with Gasteiger partial charge in [0.15, 0.2) is 5.96 Å². The summed E-state index contributed by atoms with van der Waals surface area (Å²) in [4.78, 5) is 18.5. The van der Waals surface area contributed by atoms with Crippen LogP contribution in [0.3, 0.4) is 0 Å². The number of hydrogen-bond acceptors (Lipinski definition) is 4. The van der Waals surface area contributed by atoms with E-state index in [0.717, 1.165) is 57.5 Å². The van der Waals surface area contributed by atoms with Crippen LogP contribution in [0.5, 0.6) is 0 Å². The molecule has 0 unspecified atom stereocenters. The third-order valence-corrected chi connectivity index (χ3v) is 4.30. The summed E-state index contributed by atoms with van der Waals surface area (Å²) < 4.78 is 5.34. The number of nitrogens with one attached hydrogen (secondary N) is 3. The minimum absolute atomic E-state index is 0. The van der Waals surface area contributed by atoms with Gasteiger partial charge < -0.3 is 20.7 Å². The second kappa shape index (κ2) is 14.0. The maximum Gasteiger partial charge on any atom is 0.224 e. The molecule has 9 heteroatoms.